The molecule has 1 aromatic carbocycles. The molecule has 1 aromatic rings. The number of hydrogen-bond donors (Lipinski definition) is 1. The Balaban J connectivity index is 2.60. The van der Waals surface area contributed by atoms with Gasteiger partial charge in [0.05, 0.1) is 5.56 Å². The molecular formula is C14H21FN2O. The monoisotopic (exact) mass is 252 g/mol. The number of nitrogens with two attached hydrogens (primary N) is 1. The van der Waals surface area contributed by atoms with Gasteiger partial charge in [0.1, 0.15) is 5.82 Å². The molecule has 0 bridgehead atoms. The lowest BCUT2D eigenvalue weighted by atomic mass is 10.1. The summed E-state index contributed by atoms with van der Waals surface area (Å²) >= 11 is 0. The minimum Gasteiger partial charge on any atom is -0.342 e. The van der Waals surface area contributed by atoms with Gasteiger partial charge in [-0.15, -0.1) is 0 Å². The molecule has 0 saturated carbocycles. The third kappa shape index (κ3) is 3.81. The van der Waals surface area contributed by atoms with E-state index in [-0.39, 0.29) is 11.5 Å². The van der Waals surface area contributed by atoms with Crippen LogP contribution in [0.1, 0.15) is 35.2 Å². The number of nitrogens with zero attached hydrogens (tertiary/aromatic N) is 1. The third-order valence-corrected chi connectivity index (χ3v) is 2.97. The Morgan fingerprint density at radius 1 is 1.33 bits per heavy atom. The van der Waals surface area contributed by atoms with Gasteiger partial charge in [0, 0.05) is 13.6 Å². The van der Waals surface area contributed by atoms with E-state index in [9.17, 15) is 9.18 Å². The quantitative estimate of drug-likeness (QED) is 0.790. The average molecular weight is 252 g/mol. The van der Waals surface area contributed by atoms with Gasteiger partial charge in [-0.3, -0.25) is 4.79 Å². The summed E-state index contributed by atoms with van der Waals surface area (Å²) in [5, 5.41) is 0. The Morgan fingerprint density at radius 3 is 2.72 bits per heavy atom. The Labute approximate surface area is 108 Å². The number of halogens is 1. The molecule has 1 amide bonds. The predicted molar refractivity (Wildman–Crippen MR) is 71.0 cm³/mol. The Hall–Kier alpha value is -1.42. The maximum Gasteiger partial charge on any atom is 0.256 e. The highest BCUT2D eigenvalue weighted by molar-refractivity contribution is 5.94. The van der Waals surface area contributed by atoms with Crippen molar-refractivity contribution in [2.24, 2.45) is 5.73 Å². The zero-order valence-electron chi connectivity index (χ0n) is 11.1. The summed E-state index contributed by atoms with van der Waals surface area (Å²) in [6.45, 7) is 2.96. The molecule has 3 nitrogen and oxygen atoms in total. The van der Waals surface area contributed by atoms with Crippen LogP contribution in [0.4, 0.5) is 4.39 Å². The summed E-state index contributed by atoms with van der Waals surface area (Å²) < 4.78 is 13.8. The van der Waals surface area contributed by atoms with E-state index < -0.39 is 5.82 Å². The number of aryl methyl sites for hydroxylation is 1. The van der Waals surface area contributed by atoms with Crippen LogP contribution in [-0.4, -0.2) is 30.9 Å². The molecule has 0 unspecified atom stereocenters. The normalized spacial score (nSPS) is 10.4. The number of unbranched alkanes of at least 4 members (excludes halogenated alkanes) is 2. The summed E-state index contributed by atoms with van der Waals surface area (Å²) in [7, 11) is 1.70. The van der Waals surface area contributed by atoms with Crippen molar-refractivity contribution in [2.45, 2.75) is 26.2 Å². The summed E-state index contributed by atoms with van der Waals surface area (Å²) in [6.07, 6.45) is 2.85. The van der Waals surface area contributed by atoms with E-state index in [0.29, 0.717) is 18.7 Å². The topological polar surface area (TPSA) is 46.3 Å². The van der Waals surface area contributed by atoms with Gasteiger partial charge in [-0.25, -0.2) is 4.39 Å². The van der Waals surface area contributed by atoms with Crippen LogP contribution in [0.3, 0.4) is 0 Å². The molecule has 0 saturated heterocycles. The lowest BCUT2D eigenvalue weighted by Gasteiger charge is -2.17. The predicted octanol–water partition coefficient (Wildman–Crippen LogP) is 2.34. The van der Waals surface area contributed by atoms with Gasteiger partial charge in [-0.2, -0.15) is 0 Å². The lowest BCUT2D eigenvalue weighted by Crippen LogP contribution is -2.28. The van der Waals surface area contributed by atoms with E-state index in [1.807, 2.05) is 0 Å². The molecule has 4 heteroatoms. The van der Waals surface area contributed by atoms with Crippen molar-refractivity contribution in [3.63, 3.8) is 0 Å². The molecule has 0 atom stereocenters. The molecule has 0 heterocycles. The number of benzene rings is 1. The van der Waals surface area contributed by atoms with Crippen molar-refractivity contribution in [3.8, 4) is 0 Å². The first-order valence-electron chi connectivity index (χ1n) is 6.28. The number of carbonyl (C=O) groups excluding carboxylic acids is 1. The van der Waals surface area contributed by atoms with Crippen LogP contribution in [0.5, 0.6) is 0 Å². The van der Waals surface area contributed by atoms with Crippen molar-refractivity contribution < 1.29 is 9.18 Å². The number of carbonyl (C=O) groups is 1. The molecule has 0 aliphatic heterocycles. The third-order valence-electron chi connectivity index (χ3n) is 2.97. The number of amides is 1. The largest absolute Gasteiger partial charge is 0.342 e. The first kappa shape index (κ1) is 14.6. The first-order valence-corrected chi connectivity index (χ1v) is 6.28. The molecule has 2 N–H and O–H groups in total. The second-order valence-corrected chi connectivity index (χ2v) is 4.51. The van der Waals surface area contributed by atoms with Crippen molar-refractivity contribution in [1.82, 2.24) is 4.90 Å². The van der Waals surface area contributed by atoms with Gasteiger partial charge in [0.2, 0.25) is 0 Å². The molecule has 1 rings (SSSR count). The SMILES string of the molecule is Cc1cccc(C(=O)N(C)CCCCCN)c1F. The number of hydrogen-bond acceptors (Lipinski definition) is 2. The average Bonchev–Trinajstić information content (AvgIpc) is 2.37. The van der Waals surface area contributed by atoms with Crippen molar-refractivity contribution in [1.29, 1.82) is 0 Å². The van der Waals surface area contributed by atoms with Crippen molar-refractivity contribution in [3.05, 3.63) is 35.1 Å². The fourth-order valence-electron chi connectivity index (χ4n) is 1.79. The van der Waals surface area contributed by atoms with E-state index in [1.165, 1.54) is 6.07 Å². The Kier molecular flexibility index (Phi) is 5.78. The van der Waals surface area contributed by atoms with Gasteiger partial charge >= 0.3 is 0 Å². The molecule has 0 spiro atoms. The Bertz CT molecular complexity index is 407. The van der Waals surface area contributed by atoms with Gasteiger partial charge in [0.25, 0.3) is 5.91 Å². The molecule has 0 fully saturated rings. The molecule has 100 valence electrons. The van der Waals surface area contributed by atoms with Crippen LogP contribution < -0.4 is 5.73 Å². The maximum atomic E-state index is 13.8. The van der Waals surface area contributed by atoms with E-state index in [0.717, 1.165) is 19.3 Å². The fourth-order valence-corrected chi connectivity index (χ4v) is 1.79. The lowest BCUT2D eigenvalue weighted by molar-refractivity contribution is 0.0788. The second-order valence-electron chi connectivity index (χ2n) is 4.51. The summed E-state index contributed by atoms with van der Waals surface area (Å²) in [6, 6.07) is 4.89. The van der Waals surface area contributed by atoms with Gasteiger partial charge < -0.3 is 10.6 Å². The molecule has 18 heavy (non-hydrogen) atoms. The van der Waals surface area contributed by atoms with Gasteiger partial charge in [-0.1, -0.05) is 18.6 Å². The maximum absolute atomic E-state index is 13.8. The minimum absolute atomic E-state index is 0.149. The molecule has 0 radical (unpaired) electrons. The highest BCUT2D eigenvalue weighted by Crippen LogP contribution is 2.14. The zero-order chi connectivity index (χ0) is 13.5. The van der Waals surface area contributed by atoms with Crippen LogP contribution >= 0.6 is 0 Å². The van der Waals surface area contributed by atoms with Gasteiger partial charge in [-0.05, 0) is 37.9 Å². The van der Waals surface area contributed by atoms with E-state index >= 15 is 0 Å². The van der Waals surface area contributed by atoms with Crippen molar-refractivity contribution >= 4 is 5.91 Å². The zero-order valence-corrected chi connectivity index (χ0v) is 11.1. The smallest absolute Gasteiger partial charge is 0.256 e. The van der Waals surface area contributed by atoms with Crippen LogP contribution in [0.15, 0.2) is 18.2 Å². The molecule has 0 aromatic heterocycles. The molecule has 0 aliphatic carbocycles. The minimum atomic E-state index is -0.420. The highest BCUT2D eigenvalue weighted by atomic mass is 19.1. The summed E-state index contributed by atoms with van der Waals surface area (Å²) in [5.41, 5.74) is 6.05. The first-order chi connectivity index (χ1) is 8.57. The molecular weight excluding hydrogens is 231 g/mol. The standard InChI is InChI=1S/C14H21FN2O/c1-11-7-6-8-12(13(11)15)14(18)17(2)10-5-3-4-9-16/h6-8H,3-5,9-10,16H2,1-2H3. The van der Waals surface area contributed by atoms with E-state index in [1.54, 1.807) is 31.0 Å². The van der Waals surface area contributed by atoms with E-state index in [4.69, 9.17) is 5.73 Å². The second kappa shape index (κ2) is 7.11. The fraction of sp³-hybridized carbons (Fsp3) is 0.500. The van der Waals surface area contributed by atoms with Crippen LogP contribution in [-0.2, 0) is 0 Å². The molecule has 0 aliphatic rings. The Morgan fingerprint density at radius 2 is 2.06 bits per heavy atom. The van der Waals surface area contributed by atoms with Gasteiger partial charge in [0.15, 0.2) is 0 Å². The van der Waals surface area contributed by atoms with Crippen LogP contribution in [0.2, 0.25) is 0 Å². The van der Waals surface area contributed by atoms with Crippen molar-refractivity contribution in [2.75, 3.05) is 20.1 Å². The number of rotatable bonds is 6. The summed E-state index contributed by atoms with van der Waals surface area (Å²) in [5.74, 6) is -0.680. The van der Waals surface area contributed by atoms with E-state index in [2.05, 4.69) is 0 Å². The summed E-state index contributed by atoms with van der Waals surface area (Å²) in [4.78, 5) is 13.6. The van der Waals surface area contributed by atoms with Crippen LogP contribution in [0, 0.1) is 12.7 Å². The van der Waals surface area contributed by atoms with Crippen LogP contribution in [0.25, 0.3) is 0 Å². The highest BCUT2D eigenvalue weighted by Gasteiger charge is 2.16.